The number of nitrogens with zero attached hydrogens (tertiary/aromatic N) is 1. The average Bonchev–Trinajstić information content (AvgIpc) is 2.51. The van der Waals surface area contributed by atoms with Crippen LogP contribution >= 0.6 is 0 Å². The molecule has 0 unspecified atom stereocenters. The number of nitrogens with two attached hydrogens (primary N) is 1. The maximum Gasteiger partial charge on any atom is 0.326 e. The van der Waals surface area contributed by atoms with Gasteiger partial charge in [0.2, 0.25) is 5.91 Å². The summed E-state index contributed by atoms with van der Waals surface area (Å²) in [6.45, 7) is 0. The number of rotatable bonds is 1. The summed E-state index contributed by atoms with van der Waals surface area (Å²) in [6, 6.07) is 3.48. The predicted octanol–water partition coefficient (Wildman–Crippen LogP) is 0.0579. The Kier molecular flexibility index (Phi) is 2.43. The van der Waals surface area contributed by atoms with Crippen molar-refractivity contribution in [1.29, 1.82) is 0 Å². The highest BCUT2D eigenvalue weighted by atomic mass is 32.2. The maximum atomic E-state index is 11.6. The molecule has 1 aliphatic heterocycles. The molecule has 7 heteroatoms. The molecule has 0 aromatic heterocycles. The van der Waals surface area contributed by atoms with Crippen LogP contribution in [0.5, 0.6) is 0 Å². The number of carbonyl (C=O) groups is 2. The minimum atomic E-state index is -3.43. The van der Waals surface area contributed by atoms with Gasteiger partial charge in [-0.25, -0.2) is 18.1 Å². The molecule has 6 nitrogen and oxygen atoms in total. The van der Waals surface area contributed by atoms with Gasteiger partial charge in [0, 0.05) is 11.8 Å². The molecule has 1 heterocycles. The summed E-state index contributed by atoms with van der Waals surface area (Å²) in [5.74, 6) is -0.511. The number of fused-ring (bicyclic) bond motifs is 1. The fourth-order valence-electron chi connectivity index (χ4n) is 1.89. The molecule has 90 valence electrons. The highest BCUT2D eigenvalue weighted by Gasteiger charge is 2.34. The first-order valence-corrected chi connectivity index (χ1v) is 6.66. The fourth-order valence-corrected chi connectivity index (χ4v) is 2.84. The molecule has 17 heavy (non-hydrogen) atoms. The standard InChI is InChI=1S/C10H10N2O4S/c1-17(15,16)8-4-2-3-7-6(8)5-9(13)12(7)10(11)14/h2-4H,5H2,1H3,(H2,11,14). The van der Waals surface area contributed by atoms with Crippen molar-refractivity contribution in [2.24, 2.45) is 5.73 Å². The SMILES string of the molecule is CS(=O)(=O)c1cccc2c1CC(=O)N2C(N)=O. The normalized spacial score (nSPS) is 14.9. The molecule has 0 bridgehead atoms. The fraction of sp³-hybridized carbons (Fsp3) is 0.200. The van der Waals surface area contributed by atoms with Crippen LogP contribution < -0.4 is 10.6 Å². The first-order chi connectivity index (χ1) is 7.82. The zero-order chi connectivity index (χ0) is 12.8. The number of primary amides is 1. The second-order valence-electron chi connectivity index (χ2n) is 3.77. The van der Waals surface area contributed by atoms with Crippen LogP contribution in [0.4, 0.5) is 10.5 Å². The number of amides is 3. The van der Waals surface area contributed by atoms with Crippen LogP contribution in [0.25, 0.3) is 0 Å². The lowest BCUT2D eigenvalue weighted by atomic mass is 10.2. The minimum absolute atomic E-state index is 0.0621. The Morgan fingerprint density at radius 2 is 2.06 bits per heavy atom. The van der Waals surface area contributed by atoms with E-state index in [2.05, 4.69) is 0 Å². The Labute approximate surface area is 97.9 Å². The van der Waals surface area contributed by atoms with Crippen LogP contribution in [0.15, 0.2) is 23.1 Å². The highest BCUT2D eigenvalue weighted by Crippen LogP contribution is 2.33. The Morgan fingerprint density at radius 3 is 2.59 bits per heavy atom. The molecule has 2 rings (SSSR count). The van der Waals surface area contributed by atoms with Gasteiger partial charge in [0.1, 0.15) is 0 Å². The Hall–Kier alpha value is -1.89. The lowest BCUT2D eigenvalue weighted by molar-refractivity contribution is -0.116. The lowest BCUT2D eigenvalue weighted by Crippen LogP contribution is -2.38. The van der Waals surface area contributed by atoms with Crippen molar-refractivity contribution < 1.29 is 18.0 Å². The zero-order valence-corrected chi connectivity index (χ0v) is 9.82. The third kappa shape index (κ3) is 1.78. The van der Waals surface area contributed by atoms with E-state index < -0.39 is 21.8 Å². The smallest absolute Gasteiger partial charge is 0.326 e. The molecule has 1 aromatic rings. The molecule has 0 fully saturated rings. The molecule has 0 spiro atoms. The van der Waals surface area contributed by atoms with Crippen LogP contribution in [0, 0.1) is 0 Å². The Morgan fingerprint density at radius 1 is 1.41 bits per heavy atom. The van der Waals surface area contributed by atoms with E-state index in [0.717, 1.165) is 11.2 Å². The molecule has 1 aromatic carbocycles. The highest BCUT2D eigenvalue weighted by molar-refractivity contribution is 7.90. The number of hydrogen-bond acceptors (Lipinski definition) is 4. The van der Waals surface area contributed by atoms with Gasteiger partial charge in [-0.05, 0) is 12.1 Å². The first-order valence-electron chi connectivity index (χ1n) is 4.76. The predicted molar refractivity (Wildman–Crippen MR) is 60.3 cm³/mol. The molecule has 0 saturated heterocycles. The van der Waals surface area contributed by atoms with Gasteiger partial charge in [-0.15, -0.1) is 0 Å². The molecular weight excluding hydrogens is 244 g/mol. The molecule has 1 aliphatic rings. The molecule has 3 amide bonds. The van der Waals surface area contributed by atoms with Gasteiger partial charge in [-0.3, -0.25) is 4.79 Å². The van der Waals surface area contributed by atoms with E-state index in [4.69, 9.17) is 5.73 Å². The number of anilines is 1. The van der Waals surface area contributed by atoms with Gasteiger partial charge in [-0.1, -0.05) is 6.07 Å². The quantitative estimate of drug-likeness (QED) is 0.766. The molecule has 2 N–H and O–H groups in total. The van der Waals surface area contributed by atoms with Crippen LogP contribution in [0.2, 0.25) is 0 Å². The van der Waals surface area contributed by atoms with E-state index in [9.17, 15) is 18.0 Å². The summed E-state index contributed by atoms with van der Waals surface area (Å²) in [5.41, 5.74) is 5.67. The molecular formula is C10H10N2O4S. The van der Waals surface area contributed by atoms with Crippen molar-refractivity contribution in [3.05, 3.63) is 23.8 Å². The van der Waals surface area contributed by atoms with Crippen molar-refractivity contribution in [2.45, 2.75) is 11.3 Å². The van der Waals surface area contributed by atoms with E-state index in [1.165, 1.54) is 18.2 Å². The van der Waals surface area contributed by atoms with Crippen LogP contribution in [-0.2, 0) is 21.1 Å². The van der Waals surface area contributed by atoms with Crippen molar-refractivity contribution in [1.82, 2.24) is 0 Å². The van der Waals surface area contributed by atoms with Crippen molar-refractivity contribution in [3.63, 3.8) is 0 Å². The summed E-state index contributed by atoms with van der Waals surface area (Å²) in [6.07, 6.45) is 0.932. The zero-order valence-electron chi connectivity index (χ0n) is 9.00. The number of hydrogen-bond donors (Lipinski definition) is 1. The third-order valence-electron chi connectivity index (χ3n) is 2.55. The molecule has 0 aliphatic carbocycles. The summed E-state index contributed by atoms with van der Waals surface area (Å²) in [4.78, 5) is 23.6. The van der Waals surface area contributed by atoms with Gasteiger partial charge in [-0.2, -0.15) is 0 Å². The lowest BCUT2D eigenvalue weighted by Gasteiger charge is -2.12. The summed E-state index contributed by atoms with van der Waals surface area (Å²) >= 11 is 0. The van der Waals surface area contributed by atoms with E-state index in [0.29, 0.717) is 5.56 Å². The van der Waals surface area contributed by atoms with E-state index in [1.807, 2.05) is 0 Å². The molecule has 0 radical (unpaired) electrons. The first kappa shape index (κ1) is 11.6. The topological polar surface area (TPSA) is 97.5 Å². The Balaban J connectivity index is 2.69. The van der Waals surface area contributed by atoms with E-state index in [1.54, 1.807) is 0 Å². The van der Waals surface area contributed by atoms with Gasteiger partial charge in [0.05, 0.1) is 17.0 Å². The maximum absolute atomic E-state index is 11.6. The second-order valence-corrected chi connectivity index (χ2v) is 5.75. The van der Waals surface area contributed by atoms with E-state index >= 15 is 0 Å². The van der Waals surface area contributed by atoms with Crippen LogP contribution in [0.1, 0.15) is 5.56 Å². The molecule has 0 atom stereocenters. The average molecular weight is 254 g/mol. The summed E-state index contributed by atoms with van der Waals surface area (Å²) in [5, 5.41) is 0. The summed E-state index contributed by atoms with van der Waals surface area (Å²) in [7, 11) is -3.43. The largest absolute Gasteiger partial charge is 0.351 e. The van der Waals surface area contributed by atoms with Gasteiger partial charge in [0.15, 0.2) is 9.84 Å². The van der Waals surface area contributed by atoms with Crippen molar-refractivity contribution in [3.8, 4) is 0 Å². The second kappa shape index (κ2) is 3.56. The van der Waals surface area contributed by atoms with Gasteiger partial charge >= 0.3 is 6.03 Å². The number of benzene rings is 1. The Bertz CT molecular complexity index is 621. The van der Waals surface area contributed by atoms with Crippen LogP contribution in [0.3, 0.4) is 0 Å². The number of urea groups is 1. The third-order valence-corrected chi connectivity index (χ3v) is 3.73. The van der Waals surface area contributed by atoms with Crippen molar-refractivity contribution >= 4 is 27.5 Å². The van der Waals surface area contributed by atoms with Crippen molar-refractivity contribution in [2.75, 3.05) is 11.2 Å². The van der Waals surface area contributed by atoms with Gasteiger partial charge in [0.25, 0.3) is 0 Å². The molecule has 0 saturated carbocycles. The number of sulfone groups is 1. The number of imide groups is 1. The minimum Gasteiger partial charge on any atom is -0.351 e. The van der Waals surface area contributed by atoms with E-state index in [-0.39, 0.29) is 17.0 Å². The van der Waals surface area contributed by atoms with Gasteiger partial charge < -0.3 is 5.73 Å². The van der Waals surface area contributed by atoms with Crippen LogP contribution in [-0.4, -0.2) is 26.6 Å². The summed E-state index contributed by atoms with van der Waals surface area (Å²) < 4.78 is 23.1. The monoisotopic (exact) mass is 254 g/mol. The number of carbonyl (C=O) groups excluding carboxylic acids is 2.